The van der Waals surface area contributed by atoms with E-state index in [-0.39, 0.29) is 5.91 Å². The Labute approximate surface area is 197 Å². The van der Waals surface area contributed by atoms with Crippen LogP contribution in [0.4, 0.5) is 5.82 Å². The van der Waals surface area contributed by atoms with Crippen molar-refractivity contribution >= 4 is 22.9 Å². The molecule has 9 heteroatoms. The van der Waals surface area contributed by atoms with Gasteiger partial charge >= 0.3 is 0 Å². The van der Waals surface area contributed by atoms with E-state index in [4.69, 9.17) is 19.4 Å². The van der Waals surface area contributed by atoms with Crippen molar-refractivity contribution in [2.75, 3.05) is 19.5 Å². The van der Waals surface area contributed by atoms with Gasteiger partial charge in [-0.05, 0) is 31.9 Å². The number of nitrogens with one attached hydrogen (secondary N) is 1. The highest BCUT2D eigenvalue weighted by Crippen LogP contribution is 2.32. The summed E-state index contributed by atoms with van der Waals surface area (Å²) in [5.74, 6) is 2.65. The topological polar surface area (TPSA) is 96.1 Å². The fourth-order valence-corrected chi connectivity index (χ4v) is 4.58. The number of imidazole rings is 1. The van der Waals surface area contributed by atoms with E-state index in [0.717, 1.165) is 48.5 Å². The molecule has 0 saturated heterocycles. The lowest BCUT2D eigenvalue weighted by Crippen LogP contribution is -2.17. The zero-order chi connectivity index (χ0) is 23.7. The molecular formula is C25H28N6O3. The highest BCUT2D eigenvalue weighted by Gasteiger charge is 2.22. The van der Waals surface area contributed by atoms with Crippen molar-refractivity contribution < 1.29 is 14.3 Å². The number of amides is 1. The van der Waals surface area contributed by atoms with Gasteiger partial charge in [-0.1, -0.05) is 18.6 Å². The second kappa shape index (κ2) is 9.17. The highest BCUT2D eigenvalue weighted by atomic mass is 16.5. The Balaban J connectivity index is 1.45. The molecule has 4 aromatic rings. The van der Waals surface area contributed by atoms with E-state index in [1.807, 2.05) is 25.1 Å². The van der Waals surface area contributed by atoms with Crippen LogP contribution in [0.1, 0.15) is 46.7 Å². The number of aromatic nitrogens is 5. The largest absolute Gasteiger partial charge is 0.493 e. The summed E-state index contributed by atoms with van der Waals surface area (Å²) in [7, 11) is 3.21. The van der Waals surface area contributed by atoms with Gasteiger partial charge in [-0.2, -0.15) is 5.10 Å². The third-order valence-electron chi connectivity index (χ3n) is 6.20. The van der Waals surface area contributed by atoms with Crippen LogP contribution in [-0.4, -0.2) is 44.4 Å². The van der Waals surface area contributed by atoms with Crippen molar-refractivity contribution in [3.05, 3.63) is 59.2 Å². The predicted molar refractivity (Wildman–Crippen MR) is 129 cm³/mol. The Morgan fingerprint density at radius 2 is 2.00 bits per heavy atom. The van der Waals surface area contributed by atoms with Gasteiger partial charge in [0.2, 0.25) is 0 Å². The van der Waals surface area contributed by atoms with Crippen molar-refractivity contribution in [1.82, 2.24) is 24.3 Å². The van der Waals surface area contributed by atoms with Crippen molar-refractivity contribution in [2.45, 2.75) is 45.7 Å². The van der Waals surface area contributed by atoms with Gasteiger partial charge in [-0.3, -0.25) is 4.79 Å². The van der Waals surface area contributed by atoms with Crippen LogP contribution in [0.2, 0.25) is 0 Å². The molecule has 0 radical (unpaired) electrons. The zero-order valence-electron chi connectivity index (χ0n) is 19.7. The summed E-state index contributed by atoms with van der Waals surface area (Å²) >= 11 is 0. The van der Waals surface area contributed by atoms with Crippen molar-refractivity contribution in [3.8, 4) is 11.5 Å². The number of ether oxygens (including phenoxy) is 2. The minimum Gasteiger partial charge on any atom is -0.493 e. The molecule has 9 nitrogen and oxygen atoms in total. The molecule has 1 N–H and O–H groups in total. The molecule has 3 aromatic heterocycles. The van der Waals surface area contributed by atoms with Crippen LogP contribution in [-0.2, 0) is 19.5 Å². The maximum atomic E-state index is 13.4. The first-order chi connectivity index (χ1) is 16.6. The summed E-state index contributed by atoms with van der Waals surface area (Å²) in [4.78, 5) is 23.0. The van der Waals surface area contributed by atoms with Crippen LogP contribution >= 0.6 is 0 Å². The number of rotatable bonds is 6. The number of hydrogen-bond acceptors (Lipinski definition) is 6. The molecule has 34 heavy (non-hydrogen) atoms. The number of fused-ring (bicyclic) bond motifs is 3. The summed E-state index contributed by atoms with van der Waals surface area (Å²) in [6.07, 6.45) is 5.96. The van der Waals surface area contributed by atoms with Crippen LogP contribution in [0.3, 0.4) is 0 Å². The van der Waals surface area contributed by atoms with Gasteiger partial charge < -0.3 is 19.4 Å². The molecule has 0 fully saturated rings. The van der Waals surface area contributed by atoms with E-state index in [1.54, 1.807) is 37.2 Å². The number of hydrogen-bond donors (Lipinski definition) is 1. The minimum atomic E-state index is -0.233. The van der Waals surface area contributed by atoms with Crippen LogP contribution < -0.4 is 14.8 Å². The summed E-state index contributed by atoms with van der Waals surface area (Å²) in [5.41, 5.74) is 3.65. The molecule has 1 amide bonds. The number of para-hydroxylation sites is 1. The molecule has 0 spiro atoms. The maximum Gasteiger partial charge on any atom is 0.259 e. The number of carbonyl (C=O) groups excluding carboxylic acids is 1. The maximum absolute atomic E-state index is 13.4. The molecule has 0 bridgehead atoms. The molecule has 0 unspecified atom stereocenters. The van der Waals surface area contributed by atoms with Gasteiger partial charge in [0.15, 0.2) is 17.1 Å². The Hall–Kier alpha value is -3.88. The van der Waals surface area contributed by atoms with Crippen molar-refractivity contribution in [2.24, 2.45) is 0 Å². The number of anilines is 1. The second-order valence-electron chi connectivity index (χ2n) is 8.45. The SMILES string of the molecule is COc1cccc(Cn2nccc2NC(=O)c2cc(C)nc3c2nc2n3CCCCC2)c1OC. The Kier molecular flexibility index (Phi) is 5.91. The van der Waals surface area contributed by atoms with Gasteiger partial charge in [0.05, 0.1) is 32.5 Å². The summed E-state index contributed by atoms with van der Waals surface area (Å²) in [5, 5.41) is 7.42. The van der Waals surface area contributed by atoms with Crippen LogP contribution in [0.25, 0.3) is 11.2 Å². The Morgan fingerprint density at radius 3 is 2.82 bits per heavy atom. The lowest BCUT2D eigenvalue weighted by Gasteiger charge is -2.14. The van der Waals surface area contributed by atoms with E-state index in [9.17, 15) is 4.79 Å². The molecule has 176 valence electrons. The van der Waals surface area contributed by atoms with Gasteiger partial charge in [0, 0.05) is 30.3 Å². The molecule has 1 aliphatic heterocycles. The summed E-state index contributed by atoms with van der Waals surface area (Å²) < 4.78 is 14.8. The Bertz CT molecular complexity index is 1360. The molecule has 0 atom stereocenters. The van der Waals surface area contributed by atoms with Gasteiger partial charge in [-0.25, -0.2) is 14.6 Å². The molecule has 4 heterocycles. The summed E-state index contributed by atoms with van der Waals surface area (Å²) in [6, 6.07) is 9.27. The normalized spacial score (nSPS) is 13.4. The monoisotopic (exact) mass is 460 g/mol. The first kappa shape index (κ1) is 21.9. The molecule has 0 aliphatic carbocycles. The van der Waals surface area contributed by atoms with E-state index in [1.165, 1.54) is 6.42 Å². The standard InChI is InChI=1S/C25H28N6O3/c1-16-14-18(22-24(27-16)30-13-6-4-5-10-20(30)28-22)25(32)29-21-11-12-26-31(21)15-17-8-7-9-19(33-2)23(17)34-3/h7-9,11-12,14H,4-6,10,13,15H2,1-3H3,(H,29,32). The first-order valence-electron chi connectivity index (χ1n) is 11.5. The number of methoxy groups -OCH3 is 2. The number of benzene rings is 1. The molecule has 1 aliphatic rings. The summed E-state index contributed by atoms with van der Waals surface area (Å²) in [6.45, 7) is 3.21. The van der Waals surface area contributed by atoms with Crippen molar-refractivity contribution in [3.63, 3.8) is 0 Å². The first-order valence-corrected chi connectivity index (χ1v) is 11.5. The molecule has 1 aromatic carbocycles. The fraction of sp³-hybridized carbons (Fsp3) is 0.360. The number of carbonyl (C=O) groups is 1. The smallest absolute Gasteiger partial charge is 0.259 e. The fourth-order valence-electron chi connectivity index (χ4n) is 4.58. The number of pyridine rings is 1. The predicted octanol–water partition coefficient (Wildman–Crippen LogP) is 3.98. The average Bonchev–Trinajstić information content (AvgIpc) is 3.33. The Morgan fingerprint density at radius 1 is 1.12 bits per heavy atom. The van der Waals surface area contributed by atoms with E-state index < -0.39 is 0 Å². The lowest BCUT2D eigenvalue weighted by atomic mass is 10.1. The van der Waals surface area contributed by atoms with Crippen LogP contribution in [0.15, 0.2) is 36.5 Å². The quantitative estimate of drug-likeness (QED) is 0.468. The van der Waals surface area contributed by atoms with Crippen molar-refractivity contribution in [1.29, 1.82) is 0 Å². The van der Waals surface area contributed by atoms with Gasteiger partial charge in [-0.15, -0.1) is 0 Å². The molecular weight excluding hydrogens is 432 g/mol. The van der Waals surface area contributed by atoms with E-state index >= 15 is 0 Å². The minimum absolute atomic E-state index is 0.233. The van der Waals surface area contributed by atoms with E-state index in [2.05, 4.69) is 15.0 Å². The number of nitrogens with zero attached hydrogens (tertiary/aromatic N) is 5. The third kappa shape index (κ3) is 3.98. The lowest BCUT2D eigenvalue weighted by molar-refractivity contribution is 0.102. The molecule has 0 saturated carbocycles. The third-order valence-corrected chi connectivity index (χ3v) is 6.20. The zero-order valence-corrected chi connectivity index (χ0v) is 19.7. The van der Waals surface area contributed by atoms with Gasteiger partial charge in [0.25, 0.3) is 5.91 Å². The van der Waals surface area contributed by atoms with E-state index in [0.29, 0.717) is 34.9 Å². The van der Waals surface area contributed by atoms with Crippen LogP contribution in [0, 0.1) is 6.92 Å². The average molecular weight is 461 g/mol. The molecule has 5 rings (SSSR count). The highest BCUT2D eigenvalue weighted by molar-refractivity contribution is 6.11. The van der Waals surface area contributed by atoms with Gasteiger partial charge in [0.1, 0.15) is 17.2 Å². The van der Waals surface area contributed by atoms with Crippen LogP contribution in [0.5, 0.6) is 11.5 Å². The second-order valence-corrected chi connectivity index (χ2v) is 8.45. The number of aryl methyl sites for hydroxylation is 3.